The molecule has 1 saturated carbocycles. The van der Waals surface area contributed by atoms with Gasteiger partial charge in [-0.3, -0.25) is 0 Å². The molecule has 0 amide bonds. The molecule has 0 spiro atoms. The van der Waals surface area contributed by atoms with Crippen LogP contribution in [0.3, 0.4) is 0 Å². The molecule has 0 saturated heterocycles. The number of imidazole rings is 1. The molecule has 0 unspecified atom stereocenters. The fraction of sp³-hybridized carbons (Fsp3) is 0.238. The maximum absolute atomic E-state index is 4.63. The van der Waals surface area contributed by atoms with Crippen LogP contribution in [-0.4, -0.2) is 26.6 Å². The standard InChI is InChI=1S/C16H15N5.C5H8/c1-17-15-10-21-16(19-15)6-5-12(20-21)9-11-3-2-4-14-13(11)7-8-18-14;1-2-5-3-4-5/h2-8,10,17-18H,9H2,1H3;2,5H,1,3-4H2. The number of aromatic nitrogens is 4. The molecule has 1 fully saturated rings. The van der Waals surface area contributed by atoms with Crippen LogP contribution in [0.2, 0.25) is 0 Å². The molecule has 5 heteroatoms. The third kappa shape index (κ3) is 3.47. The molecule has 26 heavy (non-hydrogen) atoms. The summed E-state index contributed by atoms with van der Waals surface area (Å²) in [4.78, 5) is 7.65. The van der Waals surface area contributed by atoms with Gasteiger partial charge in [0.15, 0.2) is 5.65 Å². The van der Waals surface area contributed by atoms with Crippen molar-refractivity contribution in [3.63, 3.8) is 0 Å². The first kappa shape index (κ1) is 16.4. The summed E-state index contributed by atoms with van der Waals surface area (Å²) in [5, 5.41) is 8.92. The maximum Gasteiger partial charge on any atom is 0.156 e. The molecule has 0 bridgehead atoms. The summed E-state index contributed by atoms with van der Waals surface area (Å²) in [6, 6.07) is 12.5. The monoisotopic (exact) mass is 345 g/mol. The van der Waals surface area contributed by atoms with Gasteiger partial charge in [0.2, 0.25) is 0 Å². The molecule has 132 valence electrons. The number of hydrogen-bond donors (Lipinski definition) is 2. The number of aromatic amines is 1. The number of benzene rings is 1. The Balaban J connectivity index is 0.000000292. The molecule has 5 nitrogen and oxygen atoms in total. The van der Waals surface area contributed by atoms with Gasteiger partial charge in [0.05, 0.1) is 11.9 Å². The Hall–Kier alpha value is -3.08. The highest BCUT2D eigenvalue weighted by Crippen LogP contribution is 2.29. The Labute approximate surface area is 152 Å². The van der Waals surface area contributed by atoms with Crippen LogP contribution in [0, 0.1) is 5.92 Å². The van der Waals surface area contributed by atoms with Gasteiger partial charge in [0, 0.05) is 30.6 Å². The van der Waals surface area contributed by atoms with E-state index in [4.69, 9.17) is 0 Å². The van der Waals surface area contributed by atoms with Gasteiger partial charge in [-0.2, -0.15) is 5.10 Å². The third-order valence-electron chi connectivity index (χ3n) is 4.64. The molecule has 1 aliphatic carbocycles. The number of nitrogens with zero attached hydrogens (tertiary/aromatic N) is 3. The average molecular weight is 345 g/mol. The van der Waals surface area contributed by atoms with Crippen LogP contribution in [0.15, 0.2) is 61.4 Å². The molecule has 0 radical (unpaired) electrons. The summed E-state index contributed by atoms with van der Waals surface area (Å²) in [5.74, 6) is 1.72. The molecule has 3 aromatic heterocycles. The molecule has 5 rings (SSSR count). The number of allylic oxidation sites excluding steroid dienone is 1. The lowest BCUT2D eigenvalue weighted by Gasteiger charge is -2.03. The van der Waals surface area contributed by atoms with E-state index in [1.165, 1.54) is 23.8 Å². The zero-order valence-corrected chi connectivity index (χ0v) is 14.9. The van der Waals surface area contributed by atoms with E-state index in [-0.39, 0.29) is 0 Å². The third-order valence-corrected chi connectivity index (χ3v) is 4.64. The number of fused-ring (bicyclic) bond motifs is 2. The zero-order chi connectivity index (χ0) is 17.9. The summed E-state index contributed by atoms with van der Waals surface area (Å²) >= 11 is 0. The van der Waals surface area contributed by atoms with E-state index >= 15 is 0 Å². The molecule has 1 aromatic carbocycles. The smallest absolute Gasteiger partial charge is 0.156 e. The van der Waals surface area contributed by atoms with E-state index in [0.717, 1.165) is 35.0 Å². The number of H-pyrrole nitrogens is 1. The van der Waals surface area contributed by atoms with Crippen molar-refractivity contribution in [2.45, 2.75) is 19.3 Å². The summed E-state index contributed by atoms with van der Waals surface area (Å²) in [7, 11) is 1.86. The minimum atomic E-state index is 0.804. The van der Waals surface area contributed by atoms with Crippen molar-refractivity contribution in [2.24, 2.45) is 5.92 Å². The van der Waals surface area contributed by atoms with Crippen LogP contribution < -0.4 is 5.32 Å². The van der Waals surface area contributed by atoms with Crippen LogP contribution >= 0.6 is 0 Å². The topological polar surface area (TPSA) is 58.0 Å². The van der Waals surface area contributed by atoms with Crippen molar-refractivity contribution in [1.29, 1.82) is 0 Å². The van der Waals surface area contributed by atoms with E-state index < -0.39 is 0 Å². The van der Waals surface area contributed by atoms with Crippen LogP contribution in [-0.2, 0) is 6.42 Å². The highest BCUT2D eigenvalue weighted by molar-refractivity contribution is 5.83. The van der Waals surface area contributed by atoms with Gasteiger partial charge < -0.3 is 10.3 Å². The van der Waals surface area contributed by atoms with E-state index in [9.17, 15) is 0 Å². The molecule has 2 N–H and O–H groups in total. The highest BCUT2D eigenvalue weighted by atomic mass is 15.3. The fourth-order valence-corrected chi connectivity index (χ4v) is 2.97. The second-order valence-electron chi connectivity index (χ2n) is 6.61. The first-order valence-corrected chi connectivity index (χ1v) is 8.97. The number of anilines is 1. The minimum absolute atomic E-state index is 0.804. The van der Waals surface area contributed by atoms with E-state index in [2.05, 4.69) is 51.2 Å². The summed E-state index contributed by atoms with van der Waals surface area (Å²) in [6.07, 6.45) is 9.49. The highest BCUT2D eigenvalue weighted by Gasteiger charge is 2.15. The Morgan fingerprint density at radius 3 is 2.88 bits per heavy atom. The van der Waals surface area contributed by atoms with Gasteiger partial charge in [-0.15, -0.1) is 6.58 Å². The van der Waals surface area contributed by atoms with Crippen molar-refractivity contribution < 1.29 is 0 Å². The van der Waals surface area contributed by atoms with Crippen LogP contribution in [0.1, 0.15) is 24.1 Å². The fourth-order valence-electron chi connectivity index (χ4n) is 2.97. The van der Waals surface area contributed by atoms with Crippen molar-refractivity contribution in [3.05, 3.63) is 72.7 Å². The maximum atomic E-state index is 4.63. The Kier molecular flexibility index (Phi) is 4.44. The number of rotatable bonds is 4. The van der Waals surface area contributed by atoms with Crippen LogP contribution in [0.4, 0.5) is 5.82 Å². The largest absolute Gasteiger partial charge is 0.372 e. The Bertz CT molecular complexity index is 1040. The first-order valence-electron chi connectivity index (χ1n) is 8.97. The molecule has 1 aliphatic rings. The Morgan fingerprint density at radius 2 is 2.15 bits per heavy atom. The molecular weight excluding hydrogens is 322 g/mol. The molecular formula is C21H23N5. The molecule has 0 aliphatic heterocycles. The van der Waals surface area contributed by atoms with Gasteiger partial charge in [-0.05, 0) is 48.6 Å². The zero-order valence-electron chi connectivity index (χ0n) is 14.9. The predicted molar refractivity (Wildman–Crippen MR) is 107 cm³/mol. The van der Waals surface area contributed by atoms with Crippen molar-refractivity contribution in [1.82, 2.24) is 19.6 Å². The van der Waals surface area contributed by atoms with E-state index in [1.54, 1.807) is 0 Å². The van der Waals surface area contributed by atoms with Crippen molar-refractivity contribution in [3.8, 4) is 0 Å². The van der Waals surface area contributed by atoms with Gasteiger partial charge in [-0.25, -0.2) is 9.50 Å². The van der Waals surface area contributed by atoms with Crippen molar-refractivity contribution >= 4 is 22.4 Å². The molecule has 3 heterocycles. The summed E-state index contributed by atoms with van der Waals surface area (Å²) in [6.45, 7) is 3.62. The van der Waals surface area contributed by atoms with Gasteiger partial charge in [-0.1, -0.05) is 18.2 Å². The minimum Gasteiger partial charge on any atom is -0.372 e. The van der Waals surface area contributed by atoms with Crippen LogP contribution in [0.5, 0.6) is 0 Å². The lowest BCUT2D eigenvalue weighted by atomic mass is 10.1. The lowest BCUT2D eigenvalue weighted by molar-refractivity contribution is 0.875. The van der Waals surface area contributed by atoms with E-state index in [0.29, 0.717) is 0 Å². The van der Waals surface area contributed by atoms with Gasteiger partial charge in [0.1, 0.15) is 5.82 Å². The van der Waals surface area contributed by atoms with E-state index in [1.807, 2.05) is 42.2 Å². The molecule has 4 aromatic rings. The van der Waals surface area contributed by atoms with Crippen LogP contribution in [0.25, 0.3) is 16.6 Å². The number of nitrogens with one attached hydrogen (secondary N) is 2. The Morgan fingerprint density at radius 1 is 1.27 bits per heavy atom. The first-order chi connectivity index (χ1) is 12.8. The number of hydrogen-bond acceptors (Lipinski definition) is 3. The van der Waals surface area contributed by atoms with Gasteiger partial charge in [0.25, 0.3) is 0 Å². The quantitative estimate of drug-likeness (QED) is 0.538. The predicted octanol–water partition coefficient (Wildman–Crippen LogP) is 4.43. The average Bonchev–Trinajstić information content (AvgIpc) is 3.23. The lowest BCUT2D eigenvalue weighted by Crippen LogP contribution is -1.98. The normalized spacial score (nSPS) is 13.4. The second kappa shape index (κ2) is 7.04. The van der Waals surface area contributed by atoms with Gasteiger partial charge >= 0.3 is 0 Å². The summed E-state index contributed by atoms with van der Waals surface area (Å²) < 4.78 is 1.82. The molecule has 0 atom stereocenters. The second-order valence-corrected chi connectivity index (χ2v) is 6.61. The SMILES string of the molecule is C=CC1CC1.CNc1cn2nc(Cc3cccc4[nH]ccc34)ccc2n1. The van der Waals surface area contributed by atoms with Crippen molar-refractivity contribution in [2.75, 3.05) is 12.4 Å². The summed E-state index contributed by atoms with van der Waals surface area (Å²) in [5.41, 5.74) is 4.31.